The Morgan fingerprint density at radius 3 is 2.57 bits per heavy atom. The summed E-state index contributed by atoms with van der Waals surface area (Å²) in [5.74, 6) is 0.827. The van der Waals surface area contributed by atoms with E-state index in [1.165, 1.54) is 5.56 Å². The fourth-order valence-electron chi connectivity index (χ4n) is 1.86. The molecule has 2 rings (SSSR count). The number of halogens is 2. The molecule has 0 aliphatic rings. The third-order valence-corrected chi connectivity index (χ3v) is 3.62. The molecule has 2 aromatic rings. The highest BCUT2D eigenvalue weighted by atomic mass is 35.5. The molecule has 2 N–H and O–H groups in total. The molecular formula is C17H18Cl2N2O2. The van der Waals surface area contributed by atoms with Crippen LogP contribution >= 0.6 is 23.2 Å². The van der Waals surface area contributed by atoms with Crippen LogP contribution in [0.15, 0.2) is 42.5 Å². The molecule has 0 heterocycles. The Balaban J connectivity index is 1.65. The van der Waals surface area contributed by atoms with Gasteiger partial charge in [-0.2, -0.15) is 0 Å². The van der Waals surface area contributed by atoms with Crippen LogP contribution in [-0.2, 0) is 0 Å². The van der Waals surface area contributed by atoms with Gasteiger partial charge in [0.1, 0.15) is 5.75 Å². The molecule has 2 aromatic carbocycles. The molecular weight excluding hydrogens is 335 g/mol. The molecule has 0 saturated carbocycles. The summed E-state index contributed by atoms with van der Waals surface area (Å²) < 4.78 is 5.59. The maximum absolute atomic E-state index is 11.8. The van der Waals surface area contributed by atoms with Crippen LogP contribution in [0.1, 0.15) is 12.0 Å². The van der Waals surface area contributed by atoms with E-state index in [4.69, 9.17) is 27.9 Å². The second kappa shape index (κ2) is 8.65. The minimum absolute atomic E-state index is 0.315. The van der Waals surface area contributed by atoms with E-state index >= 15 is 0 Å². The Bertz CT molecular complexity index is 660. The number of aryl methyl sites for hydroxylation is 1. The van der Waals surface area contributed by atoms with Crippen molar-refractivity contribution in [3.63, 3.8) is 0 Å². The average Bonchev–Trinajstić information content (AvgIpc) is 2.51. The number of anilines is 1. The van der Waals surface area contributed by atoms with E-state index in [2.05, 4.69) is 10.6 Å². The predicted molar refractivity (Wildman–Crippen MR) is 94.8 cm³/mol. The van der Waals surface area contributed by atoms with E-state index in [0.717, 1.165) is 5.75 Å². The highest BCUT2D eigenvalue weighted by Gasteiger charge is 2.05. The fourth-order valence-corrected chi connectivity index (χ4v) is 2.31. The monoisotopic (exact) mass is 352 g/mol. The lowest BCUT2D eigenvalue weighted by Crippen LogP contribution is -2.30. The lowest BCUT2D eigenvalue weighted by atomic mass is 10.2. The number of benzene rings is 2. The molecule has 6 heteroatoms. The van der Waals surface area contributed by atoms with Crippen molar-refractivity contribution in [3.05, 3.63) is 58.1 Å². The van der Waals surface area contributed by atoms with Crippen molar-refractivity contribution < 1.29 is 9.53 Å². The number of ether oxygens (including phenoxy) is 1. The van der Waals surface area contributed by atoms with Crippen LogP contribution in [0.2, 0.25) is 10.0 Å². The Morgan fingerprint density at radius 1 is 1.13 bits per heavy atom. The van der Waals surface area contributed by atoms with Crippen LogP contribution in [0.4, 0.5) is 10.5 Å². The van der Waals surface area contributed by atoms with Gasteiger partial charge >= 0.3 is 6.03 Å². The Hall–Kier alpha value is -1.91. The summed E-state index contributed by atoms with van der Waals surface area (Å²) in [5.41, 5.74) is 1.71. The van der Waals surface area contributed by atoms with Crippen molar-refractivity contribution in [1.29, 1.82) is 0 Å². The molecule has 4 nitrogen and oxygen atoms in total. The van der Waals surface area contributed by atoms with E-state index in [1.807, 2.05) is 31.2 Å². The molecule has 0 bridgehead atoms. The molecule has 2 amide bonds. The summed E-state index contributed by atoms with van der Waals surface area (Å²) in [6.07, 6.45) is 0.704. The van der Waals surface area contributed by atoms with E-state index in [0.29, 0.717) is 35.3 Å². The topological polar surface area (TPSA) is 50.4 Å². The second-order valence-corrected chi connectivity index (χ2v) is 5.86. The molecule has 122 valence electrons. The van der Waals surface area contributed by atoms with Gasteiger partial charge in [-0.25, -0.2) is 4.79 Å². The van der Waals surface area contributed by atoms with Crippen LogP contribution in [0.5, 0.6) is 5.75 Å². The predicted octanol–water partition coefficient (Wildman–Crippen LogP) is 4.89. The quantitative estimate of drug-likeness (QED) is 0.727. The first-order chi connectivity index (χ1) is 11.0. The van der Waals surface area contributed by atoms with Crippen LogP contribution < -0.4 is 15.4 Å². The van der Waals surface area contributed by atoms with Crippen molar-refractivity contribution in [1.82, 2.24) is 5.32 Å². The van der Waals surface area contributed by atoms with Gasteiger partial charge in [-0.05, 0) is 43.7 Å². The summed E-state index contributed by atoms with van der Waals surface area (Å²) in [6.45, 7) is 3.06. The minimum atomic E-state index is -0.315. The van der Waals surface area contributed by atoms with Gasteiger partial charge in [0.15, 0.2) is 0 Å². The number of carbonyl (C=O) groups excluding carboxylic acids is 1. The highest BCUT2D eigenvalue weighted by molar-refractivity contribution is 6.36. The van der Waals surface area contributed by atoms with E-state index in [1.54, 1.807) is 18.2 Å². The standard InChI is InChI=1S/C17H18Cl2N2O2/c1-12-3-6-14(7-4-12)23-10-2-9-20-17(22)21-16-8-5-13(18)11-15(16)19/h3-8,11H,2,9-10H2,1H3,(H2,20,21,22). The average molecular weight is 353 g/mol. The summed E-state index contributed by atoms with van der Waals surface area (Å²) in [4.78, 5) is 11.8. The number of carbonyl (C=O) groups is 1. The zero-order chi connectivity index (χ0) is 16.7. The lowest BCUT2D eigenvalue weighted by Gasteiger charge is -2.10. The number of nitrogens with one attached hydrogen (secondary N) is 2. The lowest BCUT2D eigenvalue weighted by molar-refractivity contribution is 0.250. The molecule has 23 heavy (non-hydrogen) atoms. The van der Waals surface area contributed by atoms with E-state index in [-0.39, 0.29) is 6.03 Å². The number of urea groups is 1. The number of amides is 2. The zero-order valence-electron chi connectivity index (χ0n) is 12.7. The van der Waals surface area contributed by atoms with Crippen molar-refractivity contribution in [3.8, 4) is 5.75 Å². The van der Waals surface area contributed by atoms with Crippen molar-refractivity contribution in [2.24, 2.45) is 0 Å². The van der Waals surface area contributed by atoms with Crippen LogP contribution in [0.25, 0.3) is 0 Å². The Kier molecular flexibility index (Phi) is 6.56. The molecule has 0 aliphatic heterocycles. The first-order valence-electron chi connectivity index (χ1n) is 7.24. The minimum Gasteiger partial charge on any atom is -0.494 e. The maximum atomic E-state index is 11.8. The summed E-state index contributed by atoms with van der Waals surface area (Å²) in [5, 5.41) is 6.34. The molecule has 0 unspecified atom stereocenters. The van der Waals surface area contributed by atoms with Gasteiger partial charge in [0.25, 0.3) is 0 Å². The smallest absolute Gasteiger partial charge is 0.319 e. The van der Waals surface area contributed by atoms with Crippen molar-refractivity contribution in [2.45, 2.75) is 13.3 Å². The van der Waals surface area contributed by atoms with Gasteiger partial charge in [-0.15, -0.1) is 0 Å². The highest BCUT2D eigenvalue weighted by Crippen LogP contribution is 2.25. The second-order valence-electron chi connectivity index (χ2n) is 5.02. The van der Waals surface area contributed by atoms with Gasteiger partial charge in [-0.3, -0.25) is 0 Å². The fraction of sp³-hybridized carbons (Fsp3) is 0.235. The largest absolute Gasteiger partial charge is 0.494 e. The van der Waals surface area contributed by atoms with Crippen molar-refractivity contribution >= 4 is 34.9 Å². The first kappa shape index (κ1) is 17.4. The van der Waals surface area contributed by atoms with E-state index in [9.17, 15) is 4.79 Å². The number of hydrogen-bond donors (Lipinski definition) is 2. The van der Waals surface area contributed by atoms with Crippen LogP contribution in [-0.4, -0.2) is 19.2 Å². The molecule has 0 radical (unpaired) electrons. The summed E-state index contributed by atoms with van der Waals surface area (Å²) in [6, 6.07) is 12.4. The van der Waals surface area contributed by atoms with Crippen LogP contribution in [0.3, 0.4) is 0 Å². The SMILES string of the molecule is Cc1ccc(OCCCNC(=O)Nc2ccc(Cl)cc2Cl)cc1. The molecule has 0 atom stereocenters. The van der Waals surface area contributed by atoms with Gasteiger partial charge in [0, 0.05) is 11.6 Å². The van der Waals surface area contributed by atoms with Crippen LogP contribution in [0, 0.1) is 6.92 Å². The van der Waals surface area contributed by atoms with Gasteiger partial charge < -0.3 is 15.4 Å². The van der Waals surface area contributed by atoms with Gasteiger partial charge in [-0.1, -0.05) is 40.9 Å². The van der Waals surface area contributed by atoms with Gasteiger partial charge in [0.2, 0.25) is 0 Å². The maximum Gasteiger partial charge on any atom is 0.319 e. The summed E-state index contributed by atoms with van der Waals surface area (Å²) >= 11 is 11.8. The Labute approximate surface area is 145 Å². The first-order valence-corrected chi connectivity index (χ1v) is 7.99. The van der Waals surface area contributed by atoms with Gasteiger partial charge in [0.05, 0.1) is 17.3 Å². The third kappa shape index (κ3) is 6.00. The van der Waals surface area contributed by atoms with Crippen molar-refractivity contribution in [2.75, 3.05) is 18.5 Å². The third-order valence-electron chi connectivity index (χ3n) is 3.08. The summed E-state index contributed by atoms with van der Waals surface area (Å²) in [7, 11) is 0. The molecule has 0 spiro atoms. The number of hydrogen-bond acceptors (Lipinski definition) is 2. The molecule has 0 aromatic heterocycles. The zero-order valence-corrected chi connectivity index (χ0v) is 14.2. The Morgan fingerprint density at radius 2 is 1.87 bits per heavy atom. The number of rotatable bonds is 6. The molecule has 0 aliphatic carbocycles. The molecule has 0 fully saturated rings. The normalized spacial score (nSPS) is 10.2. The molecule has 0 saturated heterocycles. The van der Waals surface area contributed by atoms with E-state index < -0.39 is 0 Å².